The fourth-order valence-corrected chi connectivity index (χ4v) is 6.59. The molecule has 0 aromatic heterocycles. The molecule has 0 saturated carbocycles. The molecule has 0 aromatic rings. The minimum atomic E-state index is -0.0374. The van der Waals surface area contributed by atoms with E-state index >= 15 is 0 Å². The van der Waals surface area contributed by atoms with E-state index in [1.165, 1.54) is 109 Å². The highest BCUT2D eigenvalue weighted by molar-refractivity contribution is 5.69. The van der Waals surface area contributed by atoms with Crippen LogP contribution in [-0.4, -0.2) is 67.5 Å². The van der Waals surface area contributed by atoms with Gasteiger partial charge in [0.2, 0.25) is 0 Å². The van der Waals surface area contributed by atoms with E-state index in [2.05, 4.69) is 27.8 Å². The number of esters is 2. The van der Waals surface area contributed by atoms with E-state index in [4.69, 9.17) is 9.47 Å². The number of hydrogen-bond acceptors (Lipinski definition) is 5. The highest BCUT2D eigenvalue weighted by atomic mass is 16.5. The van der Waals surface area contributed by atoms with E-state index in [0.29, 0.717) is 19.4 Å². The maximum atomic E-state index is 12.7. The molecule has 6 heteroatoms. The van der Waals surface area contributed by atoms with Gasteiger partial charge in [0.05, 0.1) is 33.4 Å². The Morgan fingerprint density at radius 1 is 0.511 bits per heavy atom. The van der Waals surface area contributed by atoms with Crippen LogP contribution in [0, 0.1) is 0 Å². The second-order valence-electron chi connectivity index (χ2n) is 14.7. The summed E-state index contributed by atoms with van der Waals surface area (Å²) >= 11 is 0. The standard InChI is InChI=1S/C41H82NO5/c1-5-8-11-14-18-24-31-39(30-23-17-12-9-6-2)47-41(45)33-26-20-16-22-28-35-42(4,36-37-43)34-27-21-15-19-25-32-40(44)46-38-29-13-10-7-3/h39,43H,5-38H2,1-4H3/q+1. The van der Waals surface area contributed by atoms with E-state index in [-0.39, 0.29) is 24.6 Å². The largest absolute Gasteiger partial charge is 0.466 e. The van der Waals surface area contributed by atoms with Gasteiger partial charge >= 0.3 is 11.9 Å². The number of unbranched alkanes of at least 4 members (excludes halogenated alkanes) is 20. The zero-order valence-corrected chi connectivity index (χ0v) is 32.1. The van der Waals surface area contributed by atoms with Crippen LogP contribution < -0.4 is 0 Å². The number of aliphatic hydroxyl groups is 1. The van der Waals surface area contributed by atoms with Gasteiger partial charge in [0, 0.05) is 12.8 Å². The van der Waals surface area contributed by atoms with Crippen LogP contribution in [0.25, 0.3) is 0 Å². The molecule has 0 rings (SSSR count). The first-order valence-corrected chi connectivity index (χ1v) is 20.7. The molecule has 0 spiro atoms. The Bertz CT molecular complexity index is 687. The van der Waals surface area contributed by atoms with Crippen molar-refractivity contribution in [3.05, 3.63) is 0 Å². The topological polar surface area (TPSA) is 72.8 Å². The highest BCUT2D eigenvalue weighted by Gasteiger charge is 2.20. The number of likely N-dealkylation sites (N-methyl/N-ethyl adjacent to an activating group) is 1. The van der Waals surface area contributed by atoms with Crippen molar-refractivity contribution in [2.75, 3.05) is 39.9 Å². The van der Waals surface area contributed by atoms with Crippen molar-refractivity contribution in [2.24, 2.45) is 0 Å². The number of rotatable bonds is 37. The van der Waals surface area contributed by atoms with E-state index in [1.807, 2.05) is 0 Å². The lowest BCUT2D eigenvalue weighted by molar-refractivity contribution is -0.910. The van der Waals surface area contributed by atoms with E-state index in [0.717, 1.165) is 88.3 Å². The fourth-order valence-electron chi connectivity index (χ4n) is 6.59. The second kappa shape index (κ2) is 34.7. The van der Waals surface area contributed by atoms with Gasteiger partial charge in [-0.25, -0.2) is 0 Å². The summed E-state index contributed by atoms with van der Waals surface area (Å²) in [6, 6.07) is 0. The van der Waals surface area contributed by atoms with Gasteiger partial charge in [-0.05, 0) is 70.6 Å². The number of hydrogen-bond donors (Lipinski definition) is 1. The minimum Gasteiger partial charge on any atom is -0.466 e. The molecule has 0 aromatic carbocycles. The first-order chi connectivity index (χ1) is 22.9. The van der Waals surface area contributed by atoms with Crippen LogP contribution in [0.2, 0.25) is 0 Å². The molecule has 2 unspecified atom stereocenters. The molecular weight excluding hydrogens is 586 g/mol. The predicted octanol–water partition coefficient (Wildman–Crippen LogP) is 11.3. The Morgan fingerprint density at radius 2 is 0.915 bits per heavy atom. The lowest BCUT2D eigenvalue weighted by atomic mass is 10.0. The summed E-state index contributed by atoms with van der Waals surface area (Å²) in [5.74, 6) is -0.0241. The highest BCUT2D eigenvalue weighted by Crippen LogP contribution is 2.19. The van der Waals surface area contributed by atoms with Crippen molar-refractivity contribution in [1.82, 2.24) is 0 Å². The van der Waals surface area contributed by atoms with Crippen LogP contribution >= 0.6 is 0 Å². The molecule has 1 N–H and O–H groups in total. The summed E-state index contributed by atoms with van der Waals surface area (Å²) in [4.78, 5) is 24.5. The third-order valence-electron chi connectivity index (χ3n) is 9.87. The molecule has 47 heavy (non-hydrogen) atoms. The van der Waals surface area contributed by atoms with Crippen LogP contribution in [0.15, 0.2) is 0 Å². The van der Waals surface area contributed by atoms with Crippen LogP contribution in [-0.2, 0) is 19.1 Å². The third-order valence-corrected chi connectivity index (χ3v) is 9.87. The molecule has 0 saturated heterocycles. The first-order valence-electron chi connectivity index (χ1n) is 20.7. The summed E-state index contributed by atoms with van der Waals surface area (Å²) in [5.41, 5.74) is 0. The number of aliphatic hydroxyl groups excluding tert-OH is 1. The molecule has 0 amide bonds. The van der Waals surface area contributed by atoms with Crippen LogP contribution in [0.5, 0.6) is 0 Å². The monoisotopic (exact) mass is 669 g/mol. The molecule has 0 bridgehead atoms. The lowest BCUT2D eigenvalue weighted by Gasteiger charge is -2.34. The number of nitrogens with zero attached hydrogens (tertiary/aromatic N) is 1. The number of quaternary nitrogens is 1. The minimum absolute atomic E-state index is 0.0134. The van der Waals surface area contributed by atoms with E-state index in [1.54, 1.807) is 0 Å². The van der Waals surface area contributed by atoms with Gasteiger partial charge in [0.25, 0.3) is 0 Å². The Morgan fingerprint density at radius 3 is 1.40 bits per heavy atom. The maximum Gasteiger partial charge on any atom is 0.306 e. The predicted molar refractivity (Wildman–Crippen MR) is 200 cm³/mol. The van der Waals surface area contributed by atoms with Gasteiger partial charge in [-0.3, -0.25) is 9.59 Å². The molecule has 2 atom stereocenters. The SMILES string of the molecule is CCCCCCCCC(CCCCCCC)OC(=O)CCCCCCC[N+](C)(CCO)CCCCCCCC(=O)OCCCCCC. The Kier molecular flexibility index (Phi) is 33.9. The van der Waals surface area contributed by atoms with Crippen molar-refractivity contribution in [2.45, 2.75) is 213 Å². The van der Waals surface area contributed by atoms with Crippen LogP contribution in [0.3, 0.4) is 0 Å². The smallest absolute Gasteiger partial charge is 0.306 e. The average molecular weight is 669 g/mol. The van der Waals surface area contributed by atoms with Gasteiger partial charge in [-0.2, -0.15) is 0 Å². The summed E-state index contributed by atoms with van der Waals surface area (Å²) in [6.07, 6.45) is 32.9. The fraction of sp³-hybridized carbons (Fsp3) is 0.951. The van der Waals surface area contributed by atoms with E-state index < -0.39 is 0 Å². The molecular formula is C41H82NO5+. The maximum absolute atomic E-state index is 12.7. The molecule has 0 aliphatic carbocycles. The van der Waals surface area contributed by atoms with Crippen molar-refractivity contribution < 1.29 is 28.7 Å². The molecule has 0 heterocycles. The summed E-state index contributed by atoms with van der Waals surface area (Å²) in [6.45, 7) is 10.5. The third kappa shape index (κ3) is 31.9. The van der Waals surface area contributed by atoms with Crippen molar-refractivity contribution in [1.29, 1.82) is 0 Å². The Balaban J connectivity index is 4.08. The normalized spacial score (nSPS) is 13.4. The summed E-state index contributed by atoms with van der Waals surface area (Å²) in [7, 11) is 2.29. The molecule has 6 nitrogen and oxygen atoms in total. The first kappa shape index (κ1) is 45.9. The summed E-state index contributed by atoms with van der Waals surface area (Å²) in [5, 5.41) is 9.69. The Labute approximate surface area is 293 Å². The quantitative estimate of drug-likeness (QED) is 0.0405. The van der Waals surface area contributed by atoms with Gasteiger partial charge in [0.1, 0.15) is 12.6 Å². The average Bonchev–Trinajstić information content (AvgIpc) is 3.05. The number of carbonyl (C=O) groups is 2. The second-order valence-corrected chi connectivity index (χ2v) is 14.7. The van der Waals surface area contributed by atoms with Gasteiger partial charge < -0.3 is 19.1 Å². The van der Waals surface area contributed by atoms with E-state index in [9.17, 15) is 14.7 Å². The molecule has 0 fully saturated rings. The molecule has 0 radical (unpaired) electrons. The number of ether oxygens (including phenoxy) is 2. The summed E-state index contributed by atoms with van der Waals surface area (Å²) < 4.78 is 12.3. The van der Waals surface area contributed by atoms with Crippen molar-refractivity contribution in [3.63, 3.8) is 0 Å². The molecule has 280 valence electrons. The lowest BCUT2D eigenvalue weighted by Crippen LogP contribution is -2.47. The van der Waals surface area contributed by atoms with Crippen LogP contribution in [0.4, 0.5) is 0 Å². The molecule has 0 aliphatic heterocycles. The Hall–Kier alpha value is -1.14. The van der Waals surface area contributed by atoms with Gasteiger partial charge in [0.15, 0.2) is 0 Å². The van der Waals surface area contributed by atoms with Gasteiger partial charge in [-0.1, -0.05) is 124 Å². The zero-order valence-electron chi connectivity index (χ0n) is 32.1. The van der Waals surface area contributed by atoms with Gasteiger partial charge in [-0.15, -0.1) is 0 Å². The van der Waals surface area contributed by atoms with Crippen molar-refractivity contribution >= 4 is 11.9 Å². The van der Waals surface area contributed by atoms with Crippen LogP contribution in [0.1, 0.15) is 207 Å². The van der Waals surface area contributed by atoms with Crippen molar-refractivity contribution in [3.8, 4) is 0 Å². The molecule has 0 aliphatic rings. The zero-order chi connectivity index (χ0) is 34.7. The number of carbonyl (C=O) groups excluding carboxylic acids is 2.